The molecule has 150 valence electrons. The number of hydrogen-bond donors (Lipinski definition) is 1. The number of carbonyl (C=O) groups is 1. The SMILES string of the molecule is CN(Cc1cccc(F)c1)C(=O)c1ccc(S(=O)(=O)Nc2ccc(Cl)cc2)cc1. The summed E-state index contributed by atoms with van der Waals surface area (Å²) in [6, 6.07) is 17.9. The van der Waals surface area contributed by atoms with Crippen LogP contribution in [-0.4, -0.2) is 26.3 Å². The van der Waals surface area contributed by atoms with Gasteiger partial charge in [0.1, 0.15) is 5.82 Å². The maximum atomic E-state index is 13.3. The van der Waals surface area contributed by atoms with Gasteiger partial charge in [-0.2, -0.15) is 0 Å². The largest absolute Gasteiger partial charge is 0.337 e. The van der Waals surface area contributed by atoms with Crippen LogP contribution in [0.15, 0.2) is 77.7 Å². The van der Waals surface area contributed by atoms with Gasteiger partial charge in [-0.1, -0.05) is 23.7 Å². The molecule has 8 heteroatoms. The lowest BCUT2D eigenvalue weighted by Crippen LogP contribution is -2.26. The van der Waals surface area contributed by atoms with Gasteiger partial charge in [0.05, 0.1) is 4.90 Å². The highest BCUT2D eigenvalue weighted by atomic mass is 35.5. The number of sulfonamides is 1. The lowest BCUT2D eigenvalue weighted by atomic mass is 10.1. The van der Waals surface area contributed by atoms with Crippen LogP contribution < -0.4 is 4.72 Å². The topological polar surface area (TPSA) is 66.5 Å². The third-order valence-corrected chi connectivity index (χ3v) is 5.81. The molecule has 0 fully saturated rings. The Balaban J connectivity index is 1.71. The first-order chi connectivity index (χ1) is 13.7. The van der Waals surface area contributed by atoms with Gasteiger partial charge in [0.2, 0.25) is 0 Å². The summed E-state index contributed by atoms with van der Waals surface area (Å²) >= 11 is 5.80. The molecule has 0 heterocycles. The van der Waals surface area contributed by atoms with Gasteiger partial charge in [-0.15, -0.1) is 0 Å². The van der Waals surface area contributed by atoms with Gasteiger partial charge < -0.3 is 4.90 Å². The standard InChI is InChI=1S/C21H18ClFN2O3S/c1-25(14-15-3-2-4-18(23)13-15)21(26)16-5-11-20(12-6-16)29(27,28)24-19-9-7-17(22)8-10-19/h2-13,24H,14H2,1H3. The van der Waals surface area contributed by atoms with Gasteiger partial charge in [0, 0.05) is 29.9 Å². The van der Waals surface area contributed by atoms with Crippen LogP contribution in [0.25, 0.3) is 0 Å². The van der Waals surface area contributed by atoms with Crippen molar-refractivity contribution >= 4 is 33.2 Å². The molecule has 0 radical (unpaired) electrons. The van der Waals surface area contributed by atoms with Gasteiger partial charge in [0.15, 0.2) is 0 Å². The Hall–Kier alpha value is -2.90. The highest BCUT2D eigenvalue weighted by Crippen LogP contribution is 2.19. The summed E-state index contributed by atoms with van der Waals surface area (Å²) < 4.78 is 40.8. The zero-order valence-corrected chi connectivity index (χ0v) is 17.0. The molecule has 0 aliphatic heterocycles. The van der Waals surface area contributed by atoms with E-state index in [4.69, 9.17) is 11.6 Å². The van der Waals surface area contributed by atoms with Crippen molar-refractivity contribution in [3.8, 4) is 0 Å². The van der Waals surface area contributed by atoms with Crippen LogP contribution >= 0.6 is 11.6 Å². The van der Waals surface area contributed by atoms with Crippen molar-refractivity contribution in [2.24, 2.45) is 0 Å². The second-order valence-corrected chi connectivity index (χ2v) is 8.55. The Bertz CT molecular complexity index is 1120. The van der Waals surface area contributed by atoms with Gasteiger partial charge in [-0.05, 0) is 66.2 Å². The summed E-state index contributed by atoms with van der Waals surface area (Å²) in [5, 5.41) is 0.498. The molecule has 29 heavy (non-hydrogen) atoms. The Morgan fingerprint density at radius 1 is 1.03 bits per heavy atom. The summed E-state index contributed by atoms with van der Waals surface area (Å²) in [4.78, 5) is 14.0. The molecule has 1 amide bonds. The second kappa shape index (κ2) is 8.63. The molecule has 0 bridgehead atoms. The molecular weight excluding hydrogens is 415 g/mol. The number of rotatable bonds is 6. The number of anilines is 1. The maximum Gasteiger partial charge on any atom is 0.261 e. The quantitative estimate of drug-likeness (QED) is 0.621. The average molecular weight is 433 g/mol. The van der Waals surface area contributed by atoms with Crippen LogP contribution in [0, 0.1) is 5.82 Å². The van der Waals surface area contributed by atoms with Gasteiger partial charge in [-0.3, -0.25) is 9.52 Å². The minimum atomic E-state index is -3.80. The molecule has 3 rings (SSSR count). The molecule has 5 nitrogen and oxygen atoms in total. The molecule has 0 saturated carbocycles. The number of amides is 1. The number of benzene rings is 3. The van der Waals surface area contributed by atoms with Crippen molar-refractivity contribution in [2.75, 3.05) is 11.8 Å². The van der Waals surface area contributed by atoms with E-state index in [9.17, 15) is 17.6 Å². The molecular formula is C21H18ClFN2O3S. The molecule has 1 N–H and O–H groups in total. The van der Waals surface area contributed by atoms with Gasteiger partial charge in [0.25, 0.3) is 15.9 Å². The van der Waals surface area contributed by atoms with E-state index in [2.05, 4.69) is 4.72 Å². The molecule has 0 atom stereocenters. The van der Waals surface area contributed by atoms with Crippen molar-refractivity contribution in [1.29, 1.82) is 0 Å². The fraction of sp³-hybridized carbons (Fsp3) is 0.0952. The van der Waals surface area contributed by atoms with Crippen molar-refractivity contribution in [3.05, 3.63) is 94.8 Å². The highest BCUT2D eigenvalue weighted by molar-refractivity contribution is 7.92. The van der Waals surface area contributed by atoms with E-state index in [0.717, 1.165) is 0 Å². The molecule has 0 unspecified atom stereocenters. The first kappa shape index (κ1) is 20.8. The maximum absolute atomic E-state index is 13.3. The summed E-state index contributed by atoms with van der Waals surface area (Å²) in [6.07, 6.45) is 0. The molecule has 0 aliphatic rings. The zero-order valence-electron chi connectivity index (χ0n) is 15.5. The molecule has 0 aliphatic carbocycles. The smallest absolute Gasteiger partial charge is 0.261 e. The van der Waals surface area contributed by atoms with E-state index in [0.29, 0.717) is 21.8 Å². The average Bonchev–Trinajstić information content (AvgIpc) is 2.69. The molecule has 3 aromatic carbocycles. The van der Waals surface area contributed by atoms with Crippen molar-refractivity contribution in [1.82, 2.24) is 4.90 Å². The van der Waals surface area contributed by atoms with Crippen LogP contribution in [0.4, 0.5) is 10.1 Å². The number of nitrogens with zero attached hydrogens (tertiary/aromatic N) is 1. The Labute approximate surface area is 173 Å². The van der Waals surface area contributed by atoms with E-state index >= 15 is 0 Å². The number of nitrogens with one attached hydrogen (secondary N) is 1. The number of halogens is 2. The van der Waals surface area contributed by atoms with Crippen molar-refractivity contribution in [3.63, 3.8) is 0 Å². The fourth-order valence-corrected chi connectivity index (χ4v) is 3.89. The zero-order chi connectivity index (χ0) is 21.0. The lowest BCUT2D eigenvalue weighted by Gasteiger charge is -2.17. The summed E-state index contributed by atoms with van der Waals surface area (Å²) in [5.74, 6) is -0.671. The van der Waals surface area contributed by atoms with E-state index < -0.39 is 10.0 Å². The van der Waals surface area contributed by atoms with E-state index in [1.165, 1.54) is 41.3 Å². The summed E-state index contributed by atoms with van der Waals surface area (Å²) in [5.41, 5.74) is 1.37. The van der Waals surface area contributed by atoms with Crippen LogP contribution in [0.5, 0.6) is 0 Å². The molecule has 0 spiro atoms. The Morgan fingerprint density at radius 3 is 2.31 bits per heavy atom. The minimum Gasteiger partial charge on any atom is -0.337 e. The monoisotopic (exact) mass is 432 g/mol. The predicted molar refractivity (Wildman–Crippen MR) is 111 cm³/mol. The third-order valence-electron chi connectivity index (χ3n) is 4.16. The number of hydrogen-bond acceptors (Lipinski definition) is 3. The molecule has 0 saturated heterocycles. The molecule has 3 aromatic rings. The fourth-order valence-electron chi connectivity index (χ4n) is 2.71. The number of carbonyl (C=O) groups excluding carboxylic acids is 1. The van der Waals surface area contributed by atoms with Crippen molar-refractivity contribution < 1.29 is 17.6 Å². The Kier molecular flexibility index (Phi) is 6.20. The first-order valence-electron chi connectivity index (χ1n) is 8.63. The lowest BCUT2D eigenvalue weighted by molar-refractivity contribution is 0.0785. The molecule has 0 aromatic heterocycles. The second-order valence-electron chi connectivity index (χ2n) is 6.43. The highest BCUT2D eigenvalue weighted by Gasteiger charge is 2.17. The van der Waals surface area contributed by atoms with Crippen LogP contribution in [-0.2, 0) is 16.6 Å². The van der Waals surface area contributed by atoms with Gasteiger partial charge in [-0.25, -0.2) is 12.8 Å². The third kappa shape index (κ3) is 5.34. The van der Waals surface area contributed by atoms with Crippen molar-refractivity contribution in [2.45, 2.75) is 11.4 Å². The predicted octanol–water partition coefficient (Wildman–Crippen LogP) is 4.55. The summed E-state index contributed by atoms with van der Waals surface area (Å²) in [6.45, 7) is 0.231. The van der Waals surface area contributed by atoms with Gasteiger partial charge >= 0.3 is 0 Å². The van der Waals surface area contributed by atoms with E-state index in [1.807, 2.05) is 0 Å². The van der Waals surface area contributed by atoms with E-state index in [1.54, 1.807) is 43.4 Å². The summed E-state index contributed by atoms with van der Waals surface area (Å²) in [7, 11) is -2.20. The van der Waals surface area contributed by atoms with Crippen LogP contribution in [0.2, 0.25) is 5.02 Å². The minimum absolute atomic E-state index is 0.0248. The van der Waals surface area contributed by atoms with Crippen LogP contribution in [0.1, 0.15) is 15.9 Å². The Morgan fingerprint density at radius 2 is 1.69 bits per heavy atom. The van der Waals surface area contributed by atoms with E-state index in [-0.39, 0.29) is 23.2 Å². The first-order valence-corrected chi connectivity index (χ1v) is 10.5. The normalized spacial score (nSPS) is 11.1. The van der Waals surface area contributed by atoms with Crippen LogP contribution in [0.3, 0.4) is 0 Å².